The predicted molar refractivity (Wildman–Crippen MR) is 143 cm³/mol. The van der Waals surface area contributed by atoms with Crippen molar-refractivity contribution in [2.75, 3.05) is 7.11 Å². The third-order valence-corrected chi connectivity index (χ3v) is 6.75. The molecule has 0 radical (unpaired) electrons. The molecular formula is C31H32FNO3. The van der Waals surface area contributed by atoms with Crippen LogP contribution in [0, 0.1) is 0 Å². The first kappa shape index (κ1) is 25.4. The van der Waals surface area contributed by atoms with Gasteiger partial charge in [-0.15, -0.1) is 0 Å². The van der Waals surface area contributed by atoms with Crippen LogP contribution >= 0.6 is 0 Å². The van der Waals surface area contributed by atoms with E-state index in [2.05, 4.69) is 49.5 Å². The molecule has 36 heavy (non-hydrogen) atoms. The zero-order chi connectivity index (χ0) is 25.7. The number of carbonyl (C=O) groups is 1. The third-order valence-electron chi connectivity index (χ3n) is 6.75. The fourth-order valence-electron chi connectivity index (χ4n) is 4.70. The highest BCUT2D eigenvalue weighted by molar-refractivity contribution is 5.97. The highest BCUT2D eigenvalue weighted by Gasteiger charge is 2.16. The molecular weight excluding hydrogens is 453 g/mol. The SMILES string of the molecule is COc1cccc([C@@H](C)NC(C)c2cc(-c3ccc(CF)c(CCC(=O)O)c3)c3ccccc3c2)c1. The second kappa shape index (κ2) is 11.4. The Morgan fingerprint density at radius 3 is 2.44 bits per heavy atom. The normalized spacial score (nSPS) is 12.9. The molecule has 4 rings (SSSR count). The van der Waals surface area contributed by atoms with E-state index in [-0.39, 0.29) is 18.5 Å². The molecule has 0 aliphatic heterocycles. The minimum Gasteiger partial charge on any atom is -0.497 e. The lowest BCUT2D eigenvalue weighted by atomic mass is 9.91. The number of benzene rings is 4. The van der Waals surface area contributed by atoms with Gasteiger partial charge in [-0.2, -0.15) is 0 Å². The van der Waals surface area contributed by atoms with E-state index in [1.54, 1.807) is 13.2 Å². The molecule has 2 atom stereocenters. The summed E-state index contributed by atoms with van der Waals surface area (Å²) in [7, 11) is 1.67. The average Bonchev–Trinajstić information content (AvgIpc) is 2.91. The van der Waals surface area contributed by atoms with Crippen LogP contribution in [0.5, 0.6) is 5.75 Å². The first-order valence-corrected chi connectivity index (χ1v) is 12.2. The van der Waals surface area contributed by atoms with Crippen molar-refractivity contribution in [3.63, 3.8) is 0 Å². The maximum absolute atomic E-state index is 13.6. The molecule has 4 aromatic rings. The molecule has 2 N–H and O–H groups in total. The minimum atomic E-state index is -0.886. The van der Waals surface area contributed by atoms with Crippen molar-refractivity contribution < 1.29 is 19.0 Å². The number of hydrogen-bond donors (Lipinski definition) is 2. The van der Waals surface area contributed by atoms with Crippen LogP contribution in [0.25, 0.3) is 21.9 Å². The summed E-state index contributed by atoms with van der Waals surface area (Å²) in [5.41, 5.74) is 5.57. The van der Waals surface area contributed by atoms with Crippen molar-refractivity contribution in [3.8, 4) is 16.9 Å². The number of nitrogens with one attached hydrogen (secondary N) is 1. The molecule has 0 heterocycles. The van der Waals surface area contributed by atoms with E-state index in [1.807, 2.05) is 42.5 Å². The Morgan fingerprint density at radius 1 is 0.917 bits per heavy atom. The van der Waals surface area contributed by atoms with E-state index in [4.69, 9.17) is 9.84 Å². The minimum absolute atomic E-state index is 0.0274. The first-order chi connectivity index (χ1) is 17.4. The van der Waals surface area contributed by atoms with Crippen LogP contribution < -0.4 is 10.1 Å². The molecule has 0 saturated carbocycles. The molecule has 186 valence electrons. The monoisotopic (exact) mass is 485 g/mol. The van der Waals surface area contributed by atoms with E-state index >= 15 is 0 Å². The number of carboxylic acids is 1. The molecule has 4 nitrogen and oxygen atoms in total. The average molecular weight is 486 g/mol. The zero-order valence-corrected chi connectivity index (χ0v) is 20.9. The Kier molecular flexibility index (Phi) is 8.01. The number of aryl methyl sites for hydroxylation is 1. The number of aliphatic carboxylic acids is 1. The number of methoxy groups -OCH3 is 1. The maximum atomic E-state index is 13.6. The van der Waals surface area contributed by atoms with Crippen molar-refractivity contribution in [1.29, 1.82) is 0 Å². The topological polar surface area (TPSA) is 58.6 Å². The number of rotatable bonds is 10. The molecule has 0 fully saturated rings. The van der Waals surface area contributed by atoms with Gasteiger partial charge in [0.1, 0.15) is 12.4 Å². The van der Waals surface area contributed by atoms with Gasteiger partial charge in [-0.3, -0.25) is 4.79 Å². The van der Waals surface area contributed by atoms with Gasteiger partial charge in [-0.25, -0.2) is 4.39 Å². The summed E-state index contributed by atoms with van der Waals surface area (Å²) in [5, 5.41) is 15.1. The molecule has 5 heteroatoms. The summed E-state index contributed by atoms with van der Waals surface area (Å²) in [4.78, 5) is 11.1. The van der Waals surface area contributed by atoms with Crippen molar-refractivity contribution in [1.82, 2.24) is 5.32 Å². The van der Waals surface area contributed by atoms with Gasteiger partial charge in [-0.05, 0) is 88.7 Å². The molecule has 0 aliphatic carbocycles. The van der Waals surface area contributed by atoms with Gasteiger partial charge in [0.2, 0.25) is 0 Å². The molecule has 0 saturated heterocycles. The van der Waals surface area contributed by atoms with Crippen LogP contribution in [-0.2, 0) is 17.9 Å². The highest BCUT2D eigenvalue weighted by Crippen LogP contribution is 2.34. The number of ether oxygens (including phenoxy) is 1. The van der Waals surface area contributed by atoms with Gasteiger partial charge in [-0.1, -0.05) is 54.6 Å². The second-order valence-electron chi connectivity index (χ2n) is 9.19. The molecule has 0 spiro atoms. The van der Waals surface area contributed by atoms with E-state index < -0.39 is 12.6 Å². The Morgan fingerprint density at radius 2 is 1.69 bits per heavy atom. The quantitative estimate of drug-likeness (QED) is 0.245. The molecule has 0 bridgehead atoms. The third kappa shape index (κ3) is 5.74. The number of hydrogen-bond acceptors (Lipinski definition) is 3. The Balaban J connectivity index is 1.71. The van der Waals surface area contributed by atoms with E-state index in [0.717, 1.165) is 44.3 Å². The van der Waals surface area contributed by atoms with Crippen molar-refractivity contribution >= 4 is 16.7 Å². The molecule has 4 aromatic carbocycles. The van der Waals surface area contributed by atoms with Crippen LogP contribution in [-0.4, -0.2) is 18.2 Å². The van der Waals surface area contributed by atoms with Crippen LogP contribution in [0.3, 0.4) is 0 Å². The van der Waals surface area contributed by atoms with Crippen LogP contribution in [0.2, 0.25) is 0 Å². The van der Waals surface area contributed by atoms with E-state index in [9.17, 15) is 9.18 Å². The summed E-state index contributed by atoms with van der Waals surface area (Å²) in [6.07, 6.45) is 0.274. The summed E-state index contributed by atoms with van der Waals surface area (Å²) in [6, 6.07) is 26.5. The summed E-state index contributed by atoms with van der Waals surface area (Å²) in [6.45, 7) is 3.67. The lowest BCUT2D eigenvalue weighted by Gasteiger charge is -2.23. The van der Waals surface area contributed by atoms with Gasteiger partial charge in [0, 0.05) is 18.5 Å². The van der Waals surface area contributed by atoms with Crippen molar-refractivity contribution in [2.24, 2.45) is 0 Å². The number of alkyl halides is 1. The van der Waals surface area contributed by atoms with Gasteiger partial charge in [0.15, 0.2) is 0 Å². The predicted octanol–water partition coefficient (Wildman–Crippen LogP) is 7.41. The van der Waals surface area contributed by atoms with E-state index in [0.29, 0.717) is 12.0 Å². The van der Waals surface area contributed by atoms with Crippen LogP contribution in [0.15, 0.2) is 78.9 Å². The van der Waals surface area contributed by atoms with Crippen molar-refractivity contribution in [3.05, 3.63) is 101 Å². The smallest absolute Gasteiger partial charge is 0.303 e. The zero-order valence-electron chi connectivity index (χ0n) is 20.9. The summed E-state index contributed by atoms with van der Waals surface area (Å²) in [5.74, 6) is -0.0556. The van der Waals surface area contributed by atoms with Gasteiger partial charge in [0.25, 0.3) is 0 Å². The fraction of sp³-hybridized carbons (Fsp3) is 0.258. The second-order valence-corrected chi connectivity index (χ2v) is 9.19. The number of fused-ring (bicyclic) bond motifs is 1. The molecule has 0 aliphatic rings. The lowest BCUT2D eigenvalue weighted by molar-refractivity contribution is -0.136. The number of carboxylic acid groups (broad SMARTS) is 1. The Labute approximate surface area is 211 Å². The lowest BCUT2D eigenvalue weighted by Crippen LogP contribution is -2.22. The Hall–Kier alpha value is -3.70. The van der Waals surface area contributed by atoms with Gasteiger partial charge in [0.05, 0.1) is 7.11 Å². The van der Waals surface area contributed by atoms with Gasteiger partial charge < -0.3 is 15.2 Å². The first-order valence-electron chi connectivity index (χ1n) is 12.2. The van der Waals surface area contributed by atoms with E-state index in [1.165, 1.54) is 0 Å². The standard InChI is InChI=1S/C31H32FNO3/c1-20(22-8-6-9-28(17-22)36-3)33-21(2)27-16-24-7-4-5-10-29(24)30(18-27)25-11-12-26(19-32)23(15-25)13-14-31(34)35/h4-12,15-18,20-21,33H,13-14,19H2,1-3H3,(H,34,35)/t20-,21?/m1/s1. The summed E-state index contributed by atoms with van der Waals surface area (Å²) >= 11 is 0. The number of halogens is 1. The molecule has 0 aromatic heterocycles. The van der Waals surface area contributed by atoms with Crippen LogP contribution in [0.4, 0.5) is 4.39 Å². The van der Waals surface area contributed by atoms with Crippen LogP contribution in [0.1, 0.15) is 54.6 Å². The largest absolute Gasteiger partial charge is 0.497 e. The Bertz CT molecular complexity index is 1370. The highest BCUT2D eigenvalue weighted by atomic mass is 19.1. The fourth-order valence-corrected chi connectivity index (χ4v) is 4.70. The maximum Gasteiger partial charge on any atom is 0.303 e. The van der Waals surface area contributed by atoms with Crippen molar-refractivity contribution in [2.45, 2.75) is 45.4 Å². The molecule has 1 unspecified atom stereocenters. The molecule has 0 amide bonds. The summed E-state index contributed by atoms with van der Waals surface area (Å²) < 4.78 is 19.0. The van der Waals surface area contributed by atoms with Gasteiger partial charge >= 0.3 is 5.97 Å².